The number of nitrogens with zero attached hydrogens (tertiary/aromatic N) is 2. The van der Waals surface area contributed by atoms with Gasteiger partial charge in [-0.3, -0.25) is 9.59 Å². The number of carbonyl (C=O) groups excluding carboxylic acids is 2. The molecule has 3 aromatic rings. The number of aryl methyl sites for hydroxylation is 1. The number of hydrogen-bond donors (Lipinski definition) is 0. The van der Waals surface area contributed by atoms with Gasteiger partial charge in [0.1, 0.15) is 0 Å². The monoisotopic (exact) mass is 504 g/mol. The van der Waals surface area contributed by atoms with Crippen LogP contribution in [-0.2, 0) is 20.7 Å². The van der Waals surface area contributed by atoms with Crippen molar-refractivity contribution in [3.63, 3.8) is 0 Å². The normalized spacial score (nSPS) is 15.9. The fourth-order valence-electron chi connectivity index (χ4n) is 5.19. The van der Waals surface area contributed by atoms with E-state index in [1.54, 1.807) is 23.3 Å². The zero-order valence-electron chi connectivity index (χ0n) is 21.5. The highest BCUT2D eigenvalue weighted by molar-refractivity contribution is 7.10. The van der Waals surface area contributed by atoms with Crippen LogP contribution < -0.4 is 0 Å². The van der Waals surface area contributed by atoms with Crippen LogP contribution in [0.4, 0.5) is 0 Å². The Labute approximate surface area is 218 Å². The van der Waals surface area contributed by atoms with Crippen molar-refractivity contribution in [2.75, 3.05) is 33.4 Å². The summed E-state index contributed by atoms with van der Waals surface area (Å²) in [6.45, 7) is 5.91. The molecule has 1 aliphatic rings. The van der Waals surface area contributed by atoms with Gasteiger partial charge in [0.05, 0.1) is 18.5 Å². The zero-order chi connectivity index (χ0) is 25.5. The molecule has 0 N–H and O–H groups in total. The molecule has 2 atom stereocenters. The van der Waals surface area contributed by atoms with Crippen molar-refractivity contribution in [3.05, 3.63) is 93.2 Å². The number of amides is 2. The SMILES string of the molecule is CCC(C(=O)N(CCCOC)CC(=O)N1CCc2sccc2C1c1ccccc1C)c1ccccc1. The van der Waals surface area contributed by atoms with Crippen molar-refractivity contribution in [1.29, 1.82) is 0 Å². The molecule has 2 heterocycles. The number of rotatable bonds is 10. The van der Waals surface area contributed by atoms with E-state index in [4.69, 9.17) is 4.74 Å². The Hall–Kier alpha value is -2.96. The van der Waals surface area contributed by atoms with E-state index < -0.39 is 0 Å². The van der Waals surface area contributed by atoms with Gasteiger partial charge in [0, 0.05) is 31.7 Å². The summed E-state index contributed by atoms with van der Waals surface area (Å²) in [4.78, 5) is 32.8. The van der Waals surface area contributed by atoms with Crippen LogP contribution in [0.2, 0.25) is 0 Å². The average molecular weight is 505 g/mol. The fraction of sp³-hybridized carbons (Fsp3) is 0.400. The van der Waals surface area contributed by atoms with Gasteiger partial charge in [-0.25, -0.2) is 0 Å². The Morgan fingerprint density at radius 1 is 1.08 bits per heavy atom. The van der Waals surface area contributed by atoms with Gasteiger partial charge in [0.25, 0.3) is 0 Å². The first-order chi connectivity index (χ1) is 17.5. The van der Waals surface area contributed by atoms with Crippen LogP contribution in [0.1, 0.15) is 58.9 Å². The lowest BCUT2D eigenvalue weighted by molar-refractivity contribution is -0.142. The predicted octanol–water partition coefficient (Wildman–Crippen LogP) is 5.59. The molecule has 0 saturated carbocycles. The lowest BCUT2D eigenvalue weighted by atomic mass is 9.90. The van der Waals surface area contributed by atoms with E-state index in [0.29, 0.717) is 32.5 Å². The number of benzene rings is 2. The van der Waals surface area contributed by atoms with Gasteiger partial charge in [-0.2, -0.15) is 0 Å². The average Bonchev–Trinajstić information content (AvgIpc) is 3.38. The lowest BCUT2D eigenvalue weighted by Gasteiger charge is -2.38. The van der Waals surface area contributed by atoms with Crippen molar-refractivity contribution < 1.29 is 14.3 Å². The molecule has 36 heavy (non-hydrogen) atoms. The second kappa shape index (κ2) is 12.3. The van der Waals surface area contributed by atoms with Crippen molar-refractivity contribution in [1.82, 2.24) is 9.80 Å². The van der Waals surface area contributed by atoms with E-state index in [1.165, 1.54) is 16.0 Å². The second-order valence-electron chi connectivity index (χ2n) is 9.37. The highest BCUT2D eigenvalue weighted by Gasteiger charge is 2.35. The Morgan fingerprint density at radius 3 is 2.56 bits per heavy atom. The summed E-state index contributed by atoms with van der Waals surface area (Å²) >= 11 is 1.76. The van der Waals surface area contributed by atoms with E-state index in [2.05, 4.69) is 30.5 Å². The third-order valence-corrected chi connectivity index (χ3v) is 8.09. The van der Waals surface area contributed by atoms with Crippen LogP contribution >= 0.6 is 11.3 Å². The summed E-state index contributed by atoms with van der Waals surface area (Å²) in [5.41, 5.74) is 4.52. The fourth-order valence-corrected chi connectivity index (χ4v) is 6.10. The highest BCUT2D eigenvalue weighted by Crippen LogP contribution is 2.39. The number of carbonyl (C=O) groups is 2. The summed E-state index contributed by atoms with van der Waals surface area (Å²) in [5, 5.41) is 2.12. The van der Waals surface area contributed by atoms with Gasteiger partial charge in [0.2, 0.25) is 11.8 Å². The van der Waals surface area contributed by atoms with Gasteiger partial charge >= 0.3 is 0 Å². The maximum absolute atomic E-state index is 13.9. The van der Waals surface area contributed by atoms with Gasteiger partial charge in [-0.05, 0) is 59.9 Å². The second-order valence-corrected chi connectivity index (χ2v) is 10.4. The number of hydrogen-bond acceptors (Lipinski definition) is 4. The molecule has 0 aliphatic carbocycles. The molecule has 2 unspecified atom stereocenters. The topological polar surface area (TPSA) is 49.9 Å². The minimum absolute atomic E-state index is 0.00575. The minimum atomic E-state index is -0.265. The summed E-state index contributed by atoms with van der Waals surface area (Å²) in [5.74, 6) is -0.263. The highest BCUT2D eigenvalue weighted by atomic mass is 32.1. The third-order valence-electron chi connectivity index (χ3n) is 7.09. The first kappa shape index (κ1) is 26.1. The van der Waals surface area contributed by atoms with Crippen LogP contribution in [-0.4, -0.2) is 55.0 Å². The van der Waals surface area contributed by atoms with Crippen LogP contribution in [0.5, 0.6) is 0 Å². The van der Waals surface area contributed by atoms with E-state index in [1.807, 2.05) is 54.3 Å². The van der Waals surface area contributed by atoms with Crippen LogP contribution in [0.25, 0.3) is 0 Å². The van der Waals surface area contributed by atoms with Gasteiger partial charge < -0.3 is 14.5 Å². The molecular formula is C30H36N2O3S. The zero-order valence-corrected chi connectivity index (χ0v) is 22.3. The maximum Gasteiger partial charge on any atom is 0.242 e. The van der Waals surface area contributed by atoms with Gasteiger partial charge in [-0.15, -0.1) is 11.3 Å². The summed E-state index contributed by atoms with van der Waals surface area (Å²) in [6, 6.07) is 20.2. The molecule has 1 aromatic heterocycles. The van der Waals surface area contributed by atoms with E-state index in [9.17, 15) is 9.59 Å². The van der Waals surface area contributed by atoms with E-state index in [-0.39, 0.29) is 30.3 Å². The smallest absolute Gasteiger partial charge is 0.242 e. The molecule has 190 valence electrons. The van der Waals surface area contributed by atoms with Gasteiger partial charge in [-0.1, -0.05) is 61.5 Å². The summed E-state index contributed by atoms with van der Waals surface area (Å²) < 4.78 is 5.25. The van der Waals surface area contributed by atoms with Crippen LogP contribution in [0.15, 0.2) is 66.0 Å². The Morgan fingerprint density at radius 2 is 1.83 bits per heavy atom. The number of fused-ring (bicyclic) bond motifs is 1. The molecule has 2 aromatic carbocycles. The molecule has 0 fully saturated rings. The van der Waals surface area contributed by atoms with E-state index in [0.717, 1.165) is 17.5 Å². The van der Waals surface area contributed by atoms with Crippen molar-refractivity contribution in [3.8, 4) is 0 Å². The molecule has 0 spiro atoms. The van der Waals surface area contributed by atoms with Crippen molar-refractivity contribution in [2.45, 2.75) is 45.1 Å². The number of thiophene rings is 1. The molecule has 2 amide bonds. The molecular weight excluding hydrogens is 468 g/mol. The Bertz CT molecular complexity index is 1160. The lowest BCUT2D eigenvalue weighted by Crippen LogP contribution is -2.48. The first-order valence-electron chi connectivity index (χ1n) is 12.8. The minimum Gasteiger partial charge on any atom is -0.385 e. The summed E-state index contributed by atoms with van der Waals surface area (Å²) in [6.07, 6.45) is 2.22. The van der Waals surface area contributed by atoms with Crippen molar-refractivity contribution in [2.24, 2.45) is 0 Å². The van der Waals surface area contributed by atoms with Crippen LogP contribution in [0, 0.1) is 6.92 Å². The third kappa shape index (κ3) is 5.71. The first-order valence-corrected chi connectivity index (χ1v) is 13.7. The Kier molecular flexibility index (Phi) is 8.94. The molecule has 4 rings (SSSR count). The standard InChI is InChI=1S/C30H36N2O3S/c1-4-24(23-12-6-5-7-13-23)30(34)31(17-10-19-35-3)21-28(33)32-18-15-27-26(16-20-36-27)29(32)25-14-9-8-11-22(25)2/h5-9,11-14,16,20,24,29H,4,10,15,17-19,21H2,1-3H3. The largest absolute Gasteiger partial charge is 0.385 e. The molecule has 6 heteroatoms. The predicted molar refractivity (Wildman–Crippen MR) is 145 cm³/mol. The molecule has 1 aliphatic heterocycles. The quantitative estimate of drug-likeness (QED) is 0.338. The molecule has 0 saturated heterocycles. The van der Waals surface area contributed by atoms with E-state index >= 15 is 0 Å². The molecule has 0 bridgehead atoms. The number of ether oxygens (including phenoxy) is 1. The van der Waals surface area contributed by atoms with Crippen molar-refractivity contribution >= 4 is 23.2 Å². The van der Waals surface area contributed by atoms with Gasteiger partial charge in [0.15, 0.2) is 0 Å². The molecule has 5 nitrogen and oxygen atoms in total. The summed E-state index contributed by atoms with van der Waals surface area (Å²) in [7, 11) is 1.66. The Balaban J connectivity index is 1.61. The maximum atomic E-state index is 13.9. The van der Waals surface area contributed by atoms with Crippen LogP contribution in [0.3, 0.4) is 0 Å². The number of methoxy groups -OCH3 is 1. The molecule has 0 radical (unpaired) electrons.